The first-order valence-corrected chi connectivity index (χ1v) is 10.2. The zero-order chi connectivity index (χ0) is 21.7. The first-order chi connectivity index (χ1) is 14.4. The summed E-state index contributed by atoms with van der Waals surface area (Å²) in [7, 11) is 0. The molecule has 3 aromatic rings. The van der Waals surface area contributed by atoms with E-state index < -0.39 is 0 Å². The maximum atomic E-state index is 9.58. The SMILES string of the molecule is N#C/C(=C\c1ccc(Cl)cc1Cl)c1ccc(/C(C#N)=C/c2ccc(Cl)cc2Cl)cc1. The van der Waals surface area contributed by atoms with Crippen LogP contribution in [0, 0.1) is 22.7 Å². The number of nitrogens with zero attached hydrogens (tertiary/aromatic N) is 2. The third-order valence-electron chi connectivity index (χ3n) is 4.27. The molecule has 0 unspecified atom stereocenters. The Bertz CT molecular complexity index is 1150. The molecule has 3 aromatic carbocycles. The van der Waals surface area contributed by atoms with Crippen LogP contribution in [0.15, 0.2) is 60.7 Å². The fourth-order valence-corrected chi connectivity index (χ4v) is 3.66. The van der Waals surface area contributed by atoms with Gasteiger partial charge in [0.25, 0.3) is 0 Å². The second-order valence-electron chi connectivity index (χ2n) is 6.25. The van der Waals surface area contributed by atoms with Crippen LogP contribution in [0.3, 0.4) is 0 Å². The normalized spacial score (nSPS) is 11.7. The fraction of sp³-hybridized carbons (Fsp3) is 0. The minimum atomic E-state index is 0.439. The van der Waals surface area contributed by atoms with Gasteiger partial charge < -0.3 is 0 Å². The van der Waals surface area contributed by atoms with E-state index in [-0.39, 0.29) is 0 Å². The Balaban J connectivity index is 1.94. The Hall–Kier alpha value is -2.72. The summed E-state index contributed by atoms with van der Waals surface area (Å²) in [5.41, 5.74) is 3.67. The van der Waals surface area contributed by atoms with Gasteiger partial charge in [-0.05, 0) is 58.7 Å². The Morgan fingerprint density at radius 2 is 0.967 bits per heavy atom. The van der Waals surface area contributed by atoms with Crippen LogP contribution in [0.25, 0.3) is 23.3 Å². The van der Waals surface area contributed by atoms with E-state index in [4.69, 9.17) is 46.4 Å². The molecule has 0 atom stereocenters. The first-order valence-electron chi connectivity index (χ1n) is 8.66. The van der Waals surface area contributed by atoms with Gasteiger partial charge in [-0.1, -0.05) is 82.8 Å². The smallest absolute Gasteiger partial charge is 0.0998 e. The fourth-order valence-electron chi connectivity index (χ4n) is 2.74. The molecule has 146 valence electrons. The number of benzene rings is 3. The maximum Gasteiger partial charge on any atom is 0.0998 e. The van der Waals surface area contributed by atoms with E-state index in [9.17, 15) is 10.5 Å². The number of halogens is 4. The van der Waals surface area contributed by atoms with E-state index in [1.54, 1.807) is 72.8 Å². The van der Waals surface area contributed by atoms with Crippen molar-refractivity contribution in [2.45, 2.75) is 0 Å². The van der Waals surface area contributed by atoms with Gasteiger partial charge in [0.1, 0.15) is 0 Å². The minimum absolute atomic E-state index is 0.439. The number of rotatable bonds is 4. The van der Waals surface area contributed by atoms with Gasteiger partial charge in [0.2, 0.25) is 0 Å². The largest absolute Gasteiger partial charge is 0.192 e. The molecular weight excluding hydrogens is 458 g/mol. The summed E-state index contributed by atoms with van der Waals surface area (Å²) in [4.78, 5) is 0. The molecule has 0 aliphatic carbocycles. The Morgan fingerprint density at radius 3 is 1.27 bits per heavy atom. The number of hydrogen-bond donors (Lipinski definition) is 0. The van der Waals surface area contributed by atoms with Crippen LogP contribution in [-0.4, -0.2) is 0 Å². The number of hydrogen-bond acceptors (Lipinski definition) is 2. The Labute approximate surface area is 194 Å². The summed E-state index contributed by atoms with van der Waals surface area (Å²) >= 11 is 24.3. The lowest BCUT2D eigenvalue weighted by atomic mass is 9.99. The average molecular weight is 470 g/mol. The molecule has 2 nitrogen and oxygen atoms in total. The average Bonchev–Trinajstić information content (AvgIpc) is 2.73. The first kappa shape index (κ1) is 22.0. The van der Waals surface area contributed by atoms with Gasteiger partial charge in [-0.3, -0.25) is 0 Å². The molecule has 0 aliphatic heterocycles. The van der Waals surface area contributed by atoms with Gasteiger partial charge in [0.15, 0.2) is 0 Å². The summed E-state index contributed by atoms with van der Waals surface area (Å²) in [6, 6.07) is 21.7. The van der Waals surface area contributed by atoms with Gasteiger partial charge in [0, 0.05) is 20.1 Å². The molecule has 0 bridgehead atoms. The molecule has 3 rings (SSSR count). The molecule has 0 radical (unpaired) electrons. The lowest BCUT2D eigenvalue weighted by molar-refractivity contribution is 1.50. The van der Waals surface area contributed by atoms with Crippen molar-refractivity contribution in [1.29, 1.82) is 10.5 Å². The Morgan fingerprint density at radius 1 is 0.600 bits per heavy atom. The van der Waals surface area contributed by atoms with Gasteiger partial charge in [0.05, 0.1) is 23.3 Å². The van der Waals surface area contributed by atoms with Gasteiger partial charge in [-0.25, -0.2) is 0 Å². The van der Waals surface area contributed by atoms with E-state index in [0.29, 0.717) is 53.5 Å². The predicted molar refractivity (Wildman–Crippen MR) is 126 cm³/mol. The molecule has 30 heavy (non-hydrogen) atoms. The van der Waals surface area contributed by atoms with Crippen molar-refractivity contribution in [3.63, 3.8) is 0 Å². The maximum absolute atomic E-state index is 9.58. The lowest BCUT2D eigenvalue weighted by Crippen LogP contribution is -1.87. The van der Waals surface area contributed by atoms with Crippen molar-refractivity contribution in [2.75, 3.05) is 0 Å². The van der Waals surface area contributed by atoms with Gasteiger partial charge in [-0.2, -0.15) is 10.5 Å². The van der Waals surface area contributed by atoms with Crippen molar-refractivity contribution in [1.82, 2.24) is 0 Å². The lowest BCUT2D eigenvalue weighted by Gasteiger charge is -2.05. The van der Waals surface area contributed by atoms with Crippen molar-refractivity contribution < 1.29 is 0 Å². The van der Waals surface area contributed by atoms with Crippen LogP contribution < -0.4 is 0 Å². The highest BCUT2D eigenvalue weighted by Crippen LogP contribution is 2.28. The molecule has 0 spiro atoms. The molecule has 0 saturated heterocycles. The second kappa shape index (κ2) is 9.86. The van der Waals surface area contributed by atoms with Crippen molar-refractivity contribution in [3.05, 3.63) is 103 Å². The topological polar surface area (TPSA) is 47.6 Å². The van der Waals surface area contributed by atoms with Gasteiger partial charge >= 0.3 is 0 Å². The third kappa shape index (κ3) is 5.25. The summed E-state index contributed by atoms with van der Waals surface area (Å²) in [6.45, 7) is 0. The third-order valence-corrected chi connectivity index (χ3v) is 5.40. The van der Waals surface area contributed by atoms with E-state index >= 15 is 0 Å². The second-order valence-corrected chi connectivity index (χ2v) is 7.94. The van der Waals surface area contributed by atoms with Crippen LogP contribution in [0.4, 0.5) is 0 Å². The molecule has 0 N–H and O–H groups in total. The molecular formula is C24H12Cl4N2. The van der Waals surface area contributed by atoms with Crippen LogP contribution in [0.2, 0.25) is 20.1 Å². The zero-order valence-corrected chi connectivity index (χ0v) is 18.4. The summed E-state index contributed by atoms with van der Waals surface area (Å²) in [5.74, 6) is 0. The quantitative estimate of drug-likeness (QED) is 0.284. The molecule has 0 heterocycles. The van der Waals surface area contributed by atoms with E-state index in [1.807, 2.05) is 0 Å². The molecule has 0 fully saturated rings. The van der Waals surface area contributed by atoms with Crippen LogP contribution >= 0.6 is 46.4 Å². The highest BCUT2D eigenvalue weighted by molar-refractivity contribution is 6.36. The standard InChI is InChI=1S/C24H12Cl4N2/c25-21-7-5-17(23(27)11-21)9-19(13-29)15-1-2-16(4-3-15)20(14-30)10-18-6-8-22(26)12-24(18)28/h1-12H/b19-9+,20-10+. The van der Waals surface area contributed by atoms with Crippen LogP contribution in [-0.2, 0) is 0 Å². The van der Waals surface area contributed by atoms with Gasteiger partial charge in [-0.15, -0.1) is 0 Å². The molecule has 6 heteroatoms. The number of allylic oxidation sites excluding steroid dienone is 2. The van der Waals surface area contributed by atoms with Crippen molar-refractivity contribution in [2.24, 2.45) is 0 Å². The predicted octanol–water partition coefficient (Wildman–Crippen LogP) is 8.43. The van der Waals surface area contributed by atoms with E-state index in [1.165, 1.54) is 0 Å². The van der Waals surface area contributed by atoms with Crippen LogP contribution in [0.5, 0.6) is 0 Å². The Kier molecular flexibility index (Phi) is 7.22. The van der Waals surface area contributed by atoms with Crippen molar-refractivity contribution >= 4 is 69.7 Å². The molecule has 0 aromatic heterocycles. The summed E-state index contributed by atoms with van der Waals surface area (Å²) in [6.07, 6.45) is 3.39. The highest BCUT2D eigenvalue weighted by atomic mass is 35.5. The molecule has 0 saturated carbocycles. The zero-order valence-electron chi connectivity index (χ0n) is 15.3. The minimum Gasteiger partial charge on any atom is -0.192 e. The molecule has 0 amide bonds. The molecule has 0 aliphatic rings. The monoisotopic (exact) mass is 468 g/mol. The van der Waals surface area contributed by atoms with E-state index in [0.717, 1.165) is 0 Å². The summed E-state index contributed by atoms with van der Waals surface area (Å²) < 4.78 is 0. The van der Waals surface area contributed by atoms with Crippen LogP contribution in [0.1, 0.15) is 22.3 Å². The van der Waals surface area contributed by atoms with E-state index in [2.05, 4.69) is 12.1 Å². The van der Waals surface area contributed by atoms with Crippen molar-refractivity contribution in [3.8, 4) is 12.1 Å². The highest BCUT2D eigenvalue weighted by Gasteiger charge is 2.08. The summed E-state index contributed by atoms with van der Waals surface area (Å²) in [5, 5.41) is 21.1. The number of nitriles is 2.